The Morgan fingerprint density at radius 3 is 2.69 bits per heavy atom. The van der Waals surface area contributed by atoms with Crippen molar-refractivity contribution in [1.82, 2.24) is 4.98 Å². The molecule has 16 heavy (non-hydrogen) atoms. The molecule has 1 aromatic rings. The monoisotopic (exact) mass is 234 g/mol. The van der Waals surface area contributed by atoms with Crippen molar-refractivity contribution in [3.05, 3.63) is 28.8 Å². The molecule has 0 saturated heterocycles. The first kappa shape index (κ1) is 12.4. The van der Waals surface area contributed by atoms with E-state index in [0.29, 0.717) is 0 Å². The molecule has 1 rings (SSSR count). The second kappa shape index (κ2) is 4.93. The molecule has 1 aromatic heterocycles. The van der Waals surface area contributed by atoms with Crippen molar-refractivity contribution >= 4 is 5.97 Å². The zero-order chi connectivity index (χ0) is 12.3. The van der Waals surface area contributed by atoms with Crippen LogP contribution in [0.5, 0.6) is 0 Å². The molecule has 0 unspecified atom stereocenters. The summed E-state index contributed by atoms with van der Waals surface area (Å²) < 4.78 is 42.5. The molecule has 0 bridgehead atoms. The minimum Gasteiger partial charge on any atom is -0.464 e. The lowest BCUT2D eigenvalue weighted by Crippen LogP contribution is -2.13. The smallest absolute Gasteiger partial charge is 0.359 e. The van der Waals surface area contributed by atoms with Crippen LogP contribution >= 0.6 is 0 Å². The summed E-state index contributed by atoms with van der Waals surface area (Å²) in [7, 11) is 1.00. The van der Waals surface area contributed by atoms with Gasteiger partial charge in [0.2, 0.25) is 0 Å². The zero-order valence-corrected chi connectivity index (χ0v) is 8.34. The predicted molar refractivity (Wildman–Crippen MR) is 48.4 cm³/mol. The molecule has 0 aliphatic carbocycles. The molecule has 0 aromatic carbocycles. The molecule has 0 saturated carbocycles. The Bertz CT molecular complexity index is 410. The Morgan fingerprint density at radius 1 is 1.62 bits per heavy atom. The molecule has 0 fully saturated rings. The topological polar surface area (TPSA) is 65.2 Å². The maximum atomic E-state index is 13.3. The van der Waals surface area contributed by atoms with Crippen LogP contribution in [0.4, 0.5) is 13.2 Å². The van der Waals surface area contributed by atoms with Crippen molar-refractivity contribution in [3.63, 3.8) is 0 Å². The first-order chi connectivity index (χ1) is 7.51. The molecule has 0 aliphatic rings. The number of aromatic nitrogens is 1. The van der Waals surface area contributed by atoms with Gasteiger partial charge in [0.25, 0.3) is 6.43 Å². The van der Waals surface area contributed by atoms with E-state index in [9.17, 15) is 18.0 Å². The number of ether oxygens (including phenoxy) is 1. The van der Waals surface area contributed by atoms with Gasteiger partial charge in [-0.3, -0.25) is 0 Å². The van der Waals surface area contributed by atoms with Crippen molar-refractivity contribution in [2.45, 2.75) is 13.0 Å². The van der Waals surface area contributed by atoms with Gasteiger partial charge in [0.1, 0.15) is 5.69 Å². The van der Waals surface area contributed by atoms with Crippen LogP contribution in [0.15, 0.2) is 6.07 Å². The molecule has 1 heterocycles. The van der Waals surface area contributed by atoms with Crippen molar-refractivity contribution < 1.29 is 22.7 Å². The molecular weight excluding hydrogens is 225 g/mol. The summed E-state index contributed by atoms with van der Waals surface area (Å²) in [4.78, 5) is 14.2. The lowest BCUT2D eigenvalue weighted by molar-refractivity contribution is 0.0586. The van der Waals surface area contributed by atoms with Crippen molar-refractivity contribution in [2.75, 3.05) is 7.11 Å². The van der Waals surface area contributed by atoms with E-state index in [1.165, 1.54) is 0 Å². The van der Waals surface area contributed by atoms with E-state index in [2.05, 4.69) is 9.72 Å². The first-order valence-corrected chi connectivity index (χ1v) is 4.27. The summed E-state index contributed by atoms with van der Waals surface area (Å²) in [5.74, 6) is -2.14. The number of hydrogen-bond acceptors (Lipinski definition) is 4. The van der Waals surface area contributed by atoms with Gasteiger partial charge in [-0.05, 0) is 11.6 Å². The molecule has 4 nitrogen and oxygen atoms in total. The van der Waals surface area contributed by atoms with E-state index in [4.69, 9.17) is 5.73 Å². The Labute approximate surface area is 89.2 Å². The average Bonchev–Trinajstić information content (AvgIpc) is 2.27. The van der Waals surface area contributed by atoms with Gasteiger partial charge in [-0.1, -0.05) is 0 Å². The summed E-state index contributed by atoms with van der Waals surface area (Å²) in [6, 6.07) is 0.765. The predicted octanol–water partition coefficient (Wildman–Crippen LogP) is 1.40. The maximum Gasteiger partial charge on any atom is 0.359 e. The van der Waals surface area contributed by atoms with E-state index in [1.54, 1.807) is 0 Å². The highest BCUT2D eigenvalue weighted by Crippen LogP contribution is 2.22. The van der Waals surface area contributed by atoms with Crippen molar-refractivity contribution in [2.24, 2.45) is 5.73 Å². The SMILES string of the molecule is COC(=O)c1nc(C(F)F)c(CN)cc1F. The van der Waals surface area contributed by atoms with Gasteiger partial charge in [0.05, 0.1) is 7.11 Å². The second-order valence-corrected chi connectivity index (χ2v) is 2.86. The van der Waals surface area contributed by atoms with Crippen LogP contribution in [-0.2, 0) is 11.3 Å². The van der Waals surface area contributed by atoms with E-state index in [1.807, 2.05) is 0 Å². The summed E-state index contributed by atoms with van der Waals surface area (Å²) in [5, 5.41) is 0. The highest BCUT2D eigenvalue weighted by Gasteiger charge is 2.22. The van der Waals surface area contributed by atoms with E-state index in [-0.39, 0.29) is 12.1 Å². The zero-order valence-electron chi connectivity index (χ0n) is 8.34. The Balaban J connectivity index is 3.33. The maximum absolute atomic E-state index is 13.3. The fraction of sp³-hybridized carbons (Fsp3) is 0.333. The molecule has 88 valence electrons. The third-order valence-electron chi connectivity index (χ3n) is 1.89. The number of hydrogen-bond donors (Lipinski definition) is 1. The molecule has 2 N–H and O–H groups in total. The molecule has 0 amide bonds. The van der Waals surface area contributed by atoms with Gasteiger partial charge in [0.15, 0.2) is 11.5 Å². The van der Waals surface area contributed by atoms with Crippen LogP contribution in [-0.4, -0.2) is 18.1 Å². The normalized spacial score (nSPS) is 10.6. The molecule has 0 radical (unpaired) electrons. The third-order valence-corrected chi connectivity index (χ3v) is 1.89. The summed E-state index contributed by atoms with van der Waals surface area (Å²) >= 11 is 0. The standard InChI is InChI=1S/C9H9F3N2O2/c1-16-9(15)7-5(10)2-4(3-13)6(14-7)8(11)12/h2,8H,3,13H2,1H3. The summed E-state index contributed by atoms with van der Waals surface area (Å²) in [6.07, 6.45) is -2.93. The van der Waals surface area contributed by atoms with E-state index >= 15 is 0 Å². The Kier molecular flexibility index (Phi) is 3.83. The number of methoxy groups -OCH3 is 1. The van der Waals surface area contributed by atoms with Gasteiger partial charge in [-0.2, -0.15) is 0 Å². The van der Waals surface area contributed by atoms with Gasteiger partial charge in [0, 0.05) is 6.54 Å². The van der Waals surface area contributed by atoms with Crippen LogP contribution in [0.3, 0.4) is 0 Å². The summed E-state index contributed by atoms with van der Waals surface area (Å²) in [6.45, 7) is -0.287. The lowest BCUT2D eigenvalue weighted by Gasteiger charge is -2.08. The second-order valence-electron chi connectivity index (χ2n) is 2.86. The fourth-order valence-corrected chi connectivity index (χ4v) is 1.13. The number of alkyl halides is 2. The van der Waals surface area contributed by atoms with Crippen LogP contribution in [0.25, 0.3) is 0 Å². The average molecular weight is 234 g/mol. The molecular formula is C9H9F3N2O2. The molecule has 0 aliphatic heterocycles. The minimum atomic E-state index is -2.93. The largest absolute Gasteiger partial charge is 0.464 e. The lowest BCUT2D eigenvalue weighted by atomic mass is 10.1. The van der Waals surface area contributed by atoms with Crippen LogP contribution in [0, 0.1) is 5.82 Å². The van der Waals surface area contributed by atoms with Crippen molar-refractivity contribution in [1.29, 1.82) is 0 Å². The van der Waals surface area contributed by atoms with Crippen molar-refractivity contribution in [3.8, 4) is 0 Å². The molecule has 0 atom stereocenters. The first-order valence-electron chi connectivity index (χ1n) is 4.27. The van der Waals surface area contributed by atoms with Crippen LogP contribution < -0.4 is 5.73 Å². The number of carbonyl (C=O) groups excluding carboxylic acids is 1. The number of pyridine rings is 1. The van der Waals surface area contributed by atoms with Gasteiger partial charge in [-0.25, -0.2) is 22.9 Å². The highest BCUT2D eigenvalue weighted by molar-refractivity contribution is 5.87. The minimum absolute atomic E-state index is 0.139. The number of carbonyl (C=O) groups is 1. The highest BCUT2D eigenvalue weighted by atomic mass is 19.3. The van der Waals surface area contributed by atoms with Crippen LogP contribution in [0.2, 0.25) is 0 Å². The fourth-order valence-electron chi connectivity index (χ4n) is 1.13. The molecule has 7 heteroatoms. The van der Waals surface area contributed by atoms with Gasteiger partial charge in [-0.15, -0.1) is 0 Å². The number of esters is 1. The number of halogens is 3. The molecule has 0 spiro atoms. The number of rotatable bonds is 3. The van der Waals surface area contributed by atoms with E-state index < -0.39 is 29.6 Å². The number of nitrogens with two attached hydrogens (primary N) is 1. The Hall–Kier alpha value is -1.63. The third kappa shape index (κ3) is 2.30. The van der Waals surface area contributed by atoms with Crippen LogP contribution in [0.1, 0.15) is 28.2 Å². The van der Waals surface area contributed by atoms with Gasteiger partial charge < -0.3 is 10.5 Å². The van der Waals surface area contributed by atoms with E-state index in [0.717, 1.165) is 13.2 Å². The quantitative estimate of drug-likeness (QED) is 0.803. The Morgan fingerprint density at radius 2 is 2.25 bits per heavy atom. The number of nitrogens with zero attached hydrogens (tertiary/aromatic N) is 1. The summed E-state index contributed by atoms with van der Waals surface area (Å²) in [5.41, 5.74) is 3.55. The van der Waals surface area contributed by atoms with Gasteiger partial charge >= 0.3 is 5.97 Å².